The van der Waals surface area contributed by atoms with Gasteiger partial charge in [0.25, 0.3) is 5.91 Å². The largest absolute Gasteiger partial charge is 0.478 e. The van der Waals surface area contributed by atoms with Crippen LogP contribution in [0, 0.1) is 0 Å². The van der Waals surface area contributed by atoms with Crippen LogP contribution in [0.3, 0.4) is 0 Å². The molecule has 1 aromatic heterocycles. The van der Waals surface area contributed by atoms with Crippen LogP contribution in [0.25, 0.3) is 11.1 Å². The molecule has 1 heterocycles. The van der Waals surface area contributed by atoms with Crippen LogP contribution >= 0.6 is 11.3 Å². The minimum absolute atomic E-state index is 0.00498. The van der Waals surface area contributed by atoms with Gasteiger partial charge in [0.2, 0.25) is 0 Å². The molecule has 0 aliphatic carbocycles. The van der Waals surface area contributed by atoms with Crippen molar-refractivity contribution in [2.75, 3.05) is 5.32 Å². The van der Waals surface area contributed by atoms with E-state index < -0.39 is 23.6 Å². The predicted molar refractivity (Wildman–Crippen MR) is 104 cm³/mol. The third-order valence-electron chi connectivity index (χ3n) is 4.07. The summed E-state index contributed by atoms with van der Waals surface area (Å²) < 4.78 is 37.9. The SMILES string of the molecule is Bc1ccc(-c2csc(NC(=O)c3ccc(C(F)(F)F)cc3)c2C(=O)O)cc1. The molecular formula is C19H13BF3NO3S. The molecule has 0 saturated carbocycles. The van der Waals surface area contributed by atoms with Crippen LogP contribution in [0.1, 0.15) is 26.3 Å². The highest BCUT2D eigenvalue weighted by Crippen LogP contribution is 2.36. The zero-order valence-electron chi connectivity index (χ0n) is 14.5. The lowest BCUT2D eigenvalue weighted by Crippen LogP contribution is -2.14. The van der Waals surface area contributed by atoms with Crippen molar-refractivity contribution in [3.05, 3.63) is 70.6 Å². The third-order valence-corrected chi connectivity index (χ3v) is 4.96. The Morgan fingerprint density at radius 3 is 2.14 bits per heavy atom. The van der Waals surface area contributed by atoms with Gasteiger partial charge in [-0.2, -0.15) is 13.2 Å². The number of anilines is 1. The second kappa shape index (κ2) is 7.51. The molecule has 28 heavy (non-hydrogen) atoms. The van der Waals surface area contributed by atoms with Gasteiger partial charge < -0.3 is 10.4 Å². The standard InChI is InChI=1S/C19H13BF3NO3S/c20-13-7-3-10(4-8-13)14-9-28-17(15(14)18(26)27)24-16(25)11-1-5-12(6-2-11)19(21,22)23/h1-9H,20H2,(H,24,25)(H,26,27). The molecule has 9 heteroatoms. The van der Waals surface area contributed by atoms with Crippen LogP contribution in [0.4, 0.5) is 18.2 Å². The van der Waals surface area contributed by atoms with Crippen LogP contribution in [-0.2, 0) is 6.18 Å². The van der Waals surface area contributed by atoms with Gasteiger partial charge in [-0.15, -0.1) is 11.3 Å². The van der Waals surface area contributed by atoms with E-state index in [1.165, 1.54) is 0 Å². The minimum atomic E-state index is -4.50. The Morgan fingerprint density at radius 2 is 1.61 bits per heavy atom. The lowest BCUT2D eigenvalue weighted by atomic mass is 9.93. The summed E-state index contributed by atoms with van der Waals surface area (Å²) in [5, 5.41) is 13.8. The van der Waals surface area contributed by atoms with Crippen LogP contribution < -0.4 is 10.8 Å². The van der Waals surface area contributed by atoms with Crippen LogP contribution in [0.2, 0.25) is 0 Å². The molecule has 2 aromatic carbocycles. The highest BCUT2D eigenvalue weighted by atomic mass is 32.1. The van der Waals surface area contributed by atoms with Gasteiger partial charge in [0.05, 0.1) is 5.56 Å². The molecular weight excluding hydrogens is 390 g/mol. The molecule has 1 amide bonds. The molecule has 3 aromatic rings. The Kier molecular flexibility index (Phi) is 5.28. The molecule has 0 bridgehead atoms. The van der Waals surface area contributed by atoms with Gasteiger partial charge in [0.1, 0.15) is 18.4 Å². The number of nitrogens with one attached hydrogen (secondary N) is 1. The summed E-state index contributed by atoms with van der Waals surface area (Å²) in [5.74, 6) is -1.90. The van der Waals surface area contributed by atoms with Gasteiger partial charge >= 0.3 is 12.1 Å². The number of carbonyl (C=O) groups excluding carboxylic acids is 1. The smallest absolute Gasteiger partial charge is 0.416 e. The van der Waals surface area contributed by atoms with E-state index in [0.29, 0.717) is 11.1 Å². The molecule has 0 aliphatic heterocycles. The summed E-state index contributed by atoms with van der Waals surface area (Å²) in [6.07, 6.45) is -4.50. The first-order valence-corrected chi connectivity index (χ1v) is 8.95. The number of alkyl halides is 3. The summed E-state index contributed by atoms with van der Waals surface area (Å²) in [5.41, 5.74) is 1.23. The number of benzene rings is 2. The van der Waals surface area contributed by atoms with Gasteiger partial charge in [0, 0.05) is 16.5 Å². The van der Waals surface area contributed by atoms with Crippen molar-refractivity contribution in [3.8, 4) is 11.1 Å². The summed E-state index contributed by atoms with van der Waals surface area (Å²) in [6.45, 7) is 0. The number of thiophene rings is 1. The molecule has 0 spiro atoms. The van der Waals surface area contributed by atoms with Crippen molar-refractivity contribution in [1.29, 1.82) is 0 Å². The molecule has 0 radical (unpaired) electrons. The number of amides is 1. The number of carboxylic acids is 1. The van der Waals surface area contributed by atoms with Crippen molar-refractivity contribution in [2.24, 2.45) is 0 Å². The van der Waals surface area contributed by atoms with Crippen molar-refractivity contribution in [1.82, 2.24) is 0 Å². The zero-order chi connectivity index (χ0) is 20.5. The van der Waals surface area contributed by atoms with E-state index in [1.54, 1.807) is 17.5 Å². The molecule has 3 rings (SSSR count). The van der Waals surface area contributed by atoms with Crippen LogP contribution in [0.15, 0.2) is 53.9 Å². The fourth-order valence-electron chi connectivity index (χ4n) is 2.59. The third kappa shape index (κ3) is 4.09. The summed E-state index contributed by atoms with van der Waals surface area (Å²) in [6, 6.07) is 11.0. The number of rotatable bonds is 4. The quantitative estimate of drug-likeness (QED) is 0.654. The topological polar surface area (TPSA) is 66.4 Å². The Labute approximate surface area is 163 Å². The van der Waals surface area contributed by atoms with Crippen molar-refractivity contribution in [3.63, 3.8) is 0 Å². The first kappa shape index (κ1) is 19.7. The lowest BCUT2D eigenvalue weighted by molar-refractivity contribution is -0.137. The lowest BCUT2D eigenvalue weighted by Gasteiger charge is -2.09. The van der Waals surface area contributed by atoms with Gasteiger partial charge in [-0.1, -0.05) is 29.7 Å². The predicted octanol–water partition coefficient (Wildman–Crippen LogP) is 3.64. The molecule has 0 atom stereocenters. The van der Waals surface area contributed by atoms with E-state index in [1.807, 2.05) is 20.0 Å². The van der Waals surface area contributed by atoms with Gasteiger partial charge in [0.15, 0.2) is 0 Å². The number of halogens is 3. The van der Waals surface area contributed by atoms with Gasteiger partial charge in [-0.25, -0.2) is 4.79 Å². The fourth-order valence-corrected chi connectivity index (χ4v) is 3.55. The minimum Gasteiger partial charge on any atom is -0.478 e. The van der Waals surface area contributed by atoms with Crippen LogP contribution in [-0.4, -0.2) is 24.8 Å². The van der Waals surface area contributed by atoms with E-state index in [2.05, 4.69) is 5.32 Å². The van der Waals surface area contributed by atoms with E-state index >= 15 is 0 Å². The molecule has 0 saturated heterocycles. The summed E-state index contributed by atoms with van der Waals surface area (Å²) in [7, 11) is 1.91. The van der Waals surface area contributed by atoms with Gasteiger partial charge in [-0.05, 0) is 29.8 Å². The molecule has 0 fully saturated rings. The number of aromatic carboxylic acids is 1. The highest BCUT2D eigenvalue weighted by molar-refractivity contribution is 7.15. The molecule has 4 nitrogen and oxygen atoms in total. The second-order valence-corrected chi connectivity index (χ2v) is 6.93. The molecule has 2 N–H and O–H groups in total. The van der Waals surface area contributed by atoms with E-state index in [-0.39, 0.29) is 16.1 Å². The zero-order valence-corrected chi connectivity index (χ0v) is 15.3. The Balaban J connectivity index is 1.89. The van der Waals surface area contributed by atoms with Crippen molar-refractivity contribution < 1.29 is 27.9 Å². The average molecular weight is 403 g/mol. The number of hydrogen-bond acceptors (Lipinski definition) is 3. The number of carbonyl (C=O) groups is 2. The highest BCUT2D eigenvalue weighted by Gasteiger charge is 2.30. The second-order valence-electron chi connectivity index (χ2n) is 6.05. The Bertz CT molecular complexity index is 1030. The first-order valence-electron chi connectivity index (χ1n) is 8.07. The molecule has 142 valence electrons. The first-order chi connectivity index (χ1) is 13.2. The maximum atomic E-state index is 12.6. The van der Waals surface area contributed by atoms with E-state index in [9.17, 15) is 27.9 Å². The van der Waals surface area contributed by atoms with Crippen molar-refractivity contribution >= 4 is 41.5 Å². The Morgan fingerprint density at radius 1 is 1.00 bits per heavy atom. The van der Waals surface area contributed by atoms with Crippen LogP contribution in [0.5, 0.6) is 0 Å². The summed E-state index contributed by atoms with van der Waals surface area (Å²) in [4.78, 5) is 24.1. The normalized spacial score (nSPS) is 11.2. The Hall–Kier alpha value is -3.07. The number of hydrogen-bond donors (Lipinski definition) is 2. The molecule has 0 unspecified atom stereocenters. The molecule has 0 aliphatic rings. The summed E-state index contributed by atoms with van der Waals surface area (Å²) >= 11 is 1.04. The average Bonchev–Trinajstić information content (AvgIpc) is 3.05. The van der Waals surface area contributed by atoms with Crippen molar-refractivity contribution in [2.45, 2.75) is 6.18 Å². The maximum absolute atomic E-state index is 12.6. The van der Waals surface area contributed by atoms with E-state index in [4.69, 9.17) is 0 Å². The fraction of sp³-hybridized carbons (Fsp3) is 0.0526. The monoisotopic (exact) mass is 403 g/mol. The number of carboxylic acid groups (broad SMARTS) is 1. The van der Waals surface area contributed by atoms with E-state index in [0.717, 1.165) is 41.1 Å². The van der Waals surface area contributed by atoms with Gasteiger partial charge in [-0.3, -0.25) is 4.79 Å². The maximum Gasteiger partial charge on any atom is 0.416 e.